The molecule has 0 spiro atoms. The number of nitrogens with zero attached hydrogens (tertiary/aromatic N) is 4. The van der Waals surface area contributed by atoms with Crippen LogP contribution in [-0.4, -0.2) is 20.2 Å². The molecule has 1 aromatic rings. The zero-order valence-electron chi connectivity index (χ0n) is 6.38. The standard InChI is InChI=1S/C7H10N4/c1-2-4-5-6(4)7(5)11-3-8-9-10-11/h3-7H,2H2,1H3. The molecule has 0 aromatic carbocycles. The summed E-state index contributed by atoms with van der Waals surface area (Å²) in [7, 11) is 0. The summed E-state index contributed by atoms with van der Waals surface area (Å²) in [6.45, 7) is 2.26. The van der Waals surface area contributed by atoms with Crippen LogP contribution >= 0.6 is 0 Å². The molecule has 0 saturated heterocycles. The average Bonchev–Trinajstić information content (AvgIpc) is 2.83. The number of fused-ring (bicyclic) bond motifs is 1. The van der Waals surface area contributed by atoms with Gasteiger partial charge < -0.3 is 0 Å². The summed E-state index contributed by atoms with van der Waals surface area (Å²) < 4.78 is 1.90. The van der Waals surface area contributed by atoms with E-state index in [1.54, 1.807) is 6.33 Å². The minimum atomic E-state index is 0.662. The lowest BCUT2D eigenvalue weighted by atomic mass is 10.1. The first-order valence-corrected chi connectivity index (χ1v) is 4.16. The molecule has 2 saturated carbocycles. The van der Waals surface area contributed by atoms with Gasteiger partial charge in [-0.05, 0) is 28.2 Å². The predicted octanol–water partition coefficient (Wildman–Crippen LogP) is 0.500. The maximum Gasteiger partial charge on any atom is 0.138 e. The van der Waals surface area contributed by atoms with Crippen LogP contribution in [0.25, 0.3) is 0 Å². The van der Waals surface area contributed by atoms with Gasteiger partial charge in [0.25, 0.3) is 0 Å². The van der Waals surface area contributed by atoms with E-state index in [-0.39, 0.29) is 0 Å². The largest absolute Gasteiger partial charge is 0.229 e. The van der Waals surface area contributed by atoms with Gasteiger partial charge in [0.2, 0.25) is 0 Å². The number of rotatable bonds is 2. The minimum absolute atomic E-state index is 0.662. The van der Waals surface area contributed by atoms with Gasteiger partial charge >= 0.3 is 0 Å². The highest BCUT2D eigenvalue weighted by Gasteiger charge is 2.73. The molecular weight excluding hydrogens is 140 g/mol. The SMILES string of the molecule is CCC1C2C1C2n1cnnn1. The maximum atomic E-state index is 3.88. The summed E-state index contributed by atoms with van der Waals surface area (Å²) in [4.78, 5) is 0. The summed E-state index contributed by atoms with van der Waals surface area (Å²) >= 11 is 0. The van der Waals surface area contributed by atoms with Gasteiger partial charge in [-0.3, -0.25) is 0 Å². The Morgan fingerprint density at radius 3 is 2.82 bits per heavy atom. The first-order chi connectivity index (χ1) is 5.43. The topological polar surface area (TPSA) is 43.6 Å². The Labute approximate surface area is 64.6 Å². The van der Waals surface area contributed by atoms with Gasteiger partial charge in [0.05, 0.1) is 6.04 Å². The number of aromatic nitrogens is 4. The molecule has 4 heteroatoms. The van der Waals surface area contributed by atoms with E-state index in [0.717, 1.165) is 17.8 Å². The lowest BCUT2D eigenvalue weighted by Gasteiger charge is -2.07. The van der Waals surface area contributed by atoms with Gasteiger partial charge in [-0.25, -0.2) is 4.68 Å². The minimum Gasteiger partial charge on any atom is -0.229 e. The van der Waals surface area contributed by atoms with Crippen molar-refractivity contribution in [3.05, 3.63) is 6.33 Å². The van der Waals surface area contributed by atoms with Gasteiger partial charge in [-0.15, -0.1) is 5.10 Å². The van der Waals surface area contributed by atoms with E-state index >= 15 is 0 Å². The Morgan fingerprint density at radius 1 is 1.45 bits per heavy atom. The normalized spacial score (nSPS) is 45.2. The van der Waals surface area contributed by atoms with Crippen LogP contribution < -0.4 is 0 Å². The van der Waals surface area contributed by atoms with Crippen molar-refractivity contribution >= 4 is 0 Å². The van der Waals surface area contributed by atoms with Crippen LogP contribution in [0.2, 0.25) is 0 Å². The quantitative estimate of drug-likeness (QED) is 0.616. The van der Waals surface area contributed by atoms with Crippen LogP contribution in [-0.2, 0) is 0 Å². The Balaban J connectivity index is 1.72. The highest BCUT2D eigenvalue weighted by atomic mass is 15.5. The van der Waals surface area contributed by atoms with Crippen LogP contribution in [0.15, 0.2) is 6.33 Å². The molecular formula is C7H10N4. The van der Waals surface area contributed by atoms with E-state index in [0.29, 0.717) is 6.04 Å². The Kier molecular flexibility index (Phi) is 0.840. The summed E-state index contributed by atoms with van der Waals surface area (Å²) in [5.74, 6) is 2.83. The van der Waals surface area contributed by atoms with Crippen molar-refractivity contribution in [3.8, 4) is 0 Å². The Hall–Kier alpha value is -0.930. The van der Waals surface area contributed by atoms with Crippen molar-refractivity contribution < 1.29 is 0 Å². The lowest BCUT2D eigenvalue weighted by Crippen LogP contribution is -2.07. The first-order valence-electron chi connectivity index (χ1n) is 4.16. The number of hydrogen-bond acceptors (Lipinski definition) is 3. The van der Waals surface area contributed by atoms with Gasteiger partial charge in [0.1, 0.15) is 6.33 Å². The third-order valence-corrected chi connectivity index (χ3v) is 3.08. The first kappa shape index (κ1) is 5.69. The zero-order chi connectivity index (χ0) is 7.42. The monoisotopic (exact) mass is 150 g/mol. The van der Waals surface area contributed by atoms with E-state index in [1.165, 1.54) is 6.42 Å². The van der Waals surface area contributed by atoms with E-state index in [1.807, 2.05) is 4.68 Å². The number of tetrazole rings is 1. The van der Waals surface area contributed by atoms with Crippen LogP contribution in [0.1, 0.15) is 19.4 Å². The second-order valence-corrected chi connectivity index (χ2v) is 3.51. The third-order valence-electron chi connectivity index (χ3n) is 3.08. The highest BCUT2D eigenvalue weighted by Crippen LogP contribution is 2.76. The molecule has 3 rings (SSSR count). The summed E-state index contributed by atoms with van der Waals surface area (Å²) in [6.07, 6.45) is 3.05. The summed E-state index contributed by atoms with van der Waals surface area (Å²) in [5.41, 5.74) is 0. The van der Waals surface area contributed by atoms with Crippen molar-refractivity contribution in [2.75, 3.05) is 0 Å². The second-order valence-electron chi connectivity index (χ2n) is 3.51. The highest BCUT2D eigenvalue weighted by molar-refractivity contribution is 5.20. The third kappa shape index (κ3) is 0.575. The molecule has 0 bridgehead atoms. The molecule has 2 fully saturated rings. The van der Waals surface area contributed by atoms with Crippen molar-refractivity contribution in [2.45, 2.75) is 19.4 Å². The molecule has 0 radical (unpaired) electrons. The van der Waals surface area contributed by atoms with E-state index in [9.17, 15) is 0 Å². The van der Waals surface area contributed by atoms with E-state index in [4.69, 9.17) is 0 Å². The van der Waals surface area contributed by atoms with E-state index in [2.05, 4.69) is 22.4 Å². The van der Waals surface area contributed by atoms with Crippen LogP contribution in [0.4, 0.5) is 0 Å². The smallest absolute Gasteiger partial charge is 0.138 e. The Morgan fingerprint density at radius 2 is 2.27 bits per heavy atom. The van der Waals surface area contributed by atoms with Crippen LogP contribution in [0.5, 0.6) is 0 Å². The molecule has 0 amide bonds. The molecule has 1 aromatic heterocycles. The van der Waals surface area contributed by atoms with Gasteiger partial charge in [-0.2, -0.15) is 0 Å². The maximum absolute atomic E-state index is 3.88. The van der Waals surface area contributed by atoms with Crippen molar-refractivity contribution in [1.29, 1.82) is 0 Å². The fourth-order valence-corrected chi connectivity index (χ4v) is 2.33. The average molecular weight is 150 g/mol. The second kappa shape index (κ2) is 1.62. The molecule has 2 unspecified atom stereocenters. The predicted molar refractivity (Wildman–Crippen MR) is 37.6 cm³/mol. The molecule has 4 nitrogen and oxygen atoms in total. The van der Waals surface area contributed by atoms with Crippen molar-refractivity contribution in [3.63, 3.8) is 0 Å². The van der Waals surface area contributed by atoms with Crippen LogP contribution in [0, 0.1) is 17.8 Å². The van der Waals surface area contributed by atoms with Crippen molar-refractivity contribution in [1.82, 2.24) is 20.2 Å². The van der Waals surface area contributed by atoms with Gasteiger partial charge in [0.15, 0.2) is 0 Å². The van der Waals surface area contributed by atoms with Crippen molar-refractivity contribution in [2.24, 2.45) is 17.8 Å². The lowest BCUT2D eigenvalue weighted by molar-refractivity contribution is 0.413. The molecule has 11 heavy (non-hydrogen) atoms. The fourth-order valence-electron chi connectivity index (χ4n) is 2.33. The Bertz CT molecular complexity index is 258. The summed E-state index contributed by atoms with van der Waals surface area (Å²) in [5, 5.41) is 11.1. The fraction of sp³-hybridized carbons (Fsp3) is 0.857. The molecule has 0 N–H and O–H groups in total. The number of hydrogen-bond donors (Lipinski definition) is 0. The molecule has 58 valence electrons. The zero-order valence-corrected chi connectivity index (χ0v) is 6.38. The molecule has 2 aliphatic rings. The molecule has 0 aliphatic heterocycles. The molecule has 1 heterocycles. The molecule has 2 atom stereocenters. The van der Waals surface area contributed by atoms with Crippen LogP contribution in [0.3, 0.4) is 0 Å². The summed E-state index contributed by atoms with van der Waals surface area (Å²) in [6, 6.07) is 0.662. The van der Waals surface area contributed by atoms with Gasteiger partial charge in [-0.1, -0.05) is 13.3 Å². The molecule has 2 aliphatic carbocycles. The van der Waals surface area contributed by atoms with E-state index < -0.39 is 0 Å². The van der Waals surface area contributed by atoms with Gasteiger partial charge in [0, 0.05) is 0 Å².